The first-order chi connectivity index (χ1) is 18.8. The van der Waals surface area contributed by atoms with Crippen molar-refractivity contribution in [2.24, 2.45) is 0 Å². The Kier molecular flexibility index (Phi) is 9.93. The van der Waals surface area contributed by atoms with Gasteiger partial charge in [-0.2, -0.15) is 0 Å². The monoisotopic (exact) mass is 590 g/mol. The summed E-state index contributed by atoms with van der Waals surface area (Å²) in [6.07, 6.45) is 6.66. The standard InChI is InChI=1S/C32H35BrN2O4/c1-21-7-16-27(20-29(21)33)35-32(39)28(25-14-12-24(13-15-25)23-5-3-2-4-6-23)19-22-8-10-26(11-9-22)31(38)34-18-17-30(36)37/h7-16,20,23,28H,2-6,17-19H2,1H3,(H,34,38)(H,35,39)(H,36,37). The van der Waals surface area contributed by atoms with Gasteiger partial charge in [0.05, 0.1) is 12.3 Å². The van der Waals surface area contributed by atoms with Gasteiger partial charge in [0.15, 0.2) is 0 Å². The van der Waals surface area contributed by atoms with E-state index >= 15 is 0 Å². The van der Waals surface area contributed by atoms with Crippen LogP contribution in [0.15, 0.2) is 71.2 Å². The quantitative estimate of drug-likeness (QED) is 0.237. The normalized spacial score (nSPS) is 14.4. The SMILES string of the molecule is Cc1ccc(NC(=O)C(Cc2ccc(C(=O)NCCC(=O)O)cc2)c2ccc(C3CCCCC3)cc2)cc1Br. The summed E-state index contributed by atoms with van der Waals surface area (Å²) in [5.41, 5.74) is 5.50. The summed E-state index contributed by atoms with van der Waals surface area (Å²) < 4.78 is 0.936. The molecule has 4 rings (SSSR count). The Bertz CT molecular complexity index is 1300. The zero-order valence-electron chi connectivity index (χ0n) is 22.2. The minimum absolute atomic E-state index is 0.0736. The van der Waals surface area contributed by atoms with Crippen molar-refractivity contribution in [1.82, 2.24) is 5.32 Å². The first-order valence-corrected chi connectivity index (χ1v) is 14.4. The Hall–Kier alpha value is -3.45. The van der Waals surface area contributed by atoms with Gasteiger partial charge in [0, 0.05) is 22.3 Å². The van der Waals surface area contributed by atoms with Crippen LogP contribution in [0.2, 0.25) is 0 Å². The number of rotatable bonds is 10. The zero-order valence-corrected chi connectivity index (χ0v) is 23.8. The number of amides is 2. The molecular weight excluding hydrogens is 556 g/mol. The van der Waals surface area contributed by atoms with Crippen LogP contribution in [-0.4, -0.2) is 29.4 Å². The van der Waals surface area contributed by atoms with E-state index in [-0.39, 0.29) is 24.8 Å². The van der Waals surface area contributed by atoms with Crippen LogP contribution in [0.1, 0.15) is 83.0 Å². The second-order valence-corrected chi connectivity index (χ2v) is 11.2. The van der Waals surface area contributed by atoms with Gasteiger partial charge in [-0.05, 0) is 78.6 Å². The van der Waals surface area contributed by atoms with E-state index in [0.29, 0.717) is 17.9 Å². The molecule has 3 aromatic rings. The van der Waals surface area contributed by atoms with Crippen LogP contribution in [0.5, 0.6) is 0 Å². The summed E-state index contributed by atoms with van der Waals surface area (Å²) in [7, 11) is 0. The minimum Gasteiger partial charge on any atom is -0.481 e. The lowest BCUT2D eigenvalue weighted by molar-refractivity contribution is -0.136. The summed E-state index contributed by atoms with van der Waals surface area (Å²) in [5, 5.41) is 14.5. The van der Waals surface area contributed by atoms with Gasteiger partial charge in [0.25, 0.3) is 5.91 Å². The summed E-state index contributed by atoms with van der Waals surface area (Å²) in [6, 6.07) is 21.4. The molecule has 1 unspecified atom stereocenters. The number of benzene rings is 3. The summed E-state index contributed by atoms with van der Waals surface area (Å²) >= 11 is 3.55. The van der Waals surface area contributed by atoms with Crippen molar-refractivity contribution in [3.05, 3.63) is 99.0 Å². The van der Waals surface area contributed by atoms with E-state index < -0.39 is 11.9 Å². The van der Waals surface area contributed by atoms with Crippen LogP contribution in [0.25, 0.3) is 0 Å². The Labute approximate surface area is 238 Å². The zero-order chi connectivity index (χ0) is 27.8. The highest BCUT2D eigenvalue weighted by Gasteiger charge is 2.23. The van der Waals surface area contributed by atoms with Crippen molar-refractivity contribution in [2.45, 2.75) is 63.7 Å². The smallest absolute Gasteiger partial charge is 0.305 e. The highest BCUT2D eigenvalue weighted by Crippen LogP contribution is 2.34. The van der Waals surface area contributed by atoms with Gasteiger partial charge in [-0.25, -0.2) is 0 Å². The van der Waals surface area contributed by atoms with Gasteiger partial charge in [0.1, 0.15) is 0 Å². The third-order valence-electron chi connectivity index (χ3n) is 7.45. The van der Waals surface area contributed by atoms with Crippen LogP contribution < -0.4 is 10.6 Å². The van der Waals surface area contributed by atoms with Crippen LogP contribution >= 0.6 is 15.9 Å². The number of hydrogen-bond acceptors (Lipinski definition) is 3. The third kappa shape index (κ3) is 8.02. The summed E-state index contributed by atoms with van der Waals surface area (Å²) in [4.78, 5) is 36.6. The number of carboxylic acids is 1. The molecule has 1 aliphatic carbocycles. The number of carbonyl (C=O) groups excluding carboxylic acids is 2. The van der Waals surface area contributed by atoms with E-state index in [1.165, 1.54) is 37.7 Å². The molecule has 1 aliphatic rings. The molecule has 1 atom stereocenters. The fraction of sp³-hybridized carbons (Fsp3) is 0.344. The largest absolute Gasteiger partial charge is 0.481 e. The van der Waals surface area contributed by atoms with E-state index in [2.05, 4.69) is 50.8 Å². The van der Waals surface area contributed by atoms with E-state index in [4.69, 9.17) is 5.11 Å². The maximum Gasteiger partial charge on any atom is 0.305 e. The summed E-state index contributed by atoms with van der Waals surface area (Å²) in [5.74, 6) is -1.19. The van der Waals surface area contributed by atoms with Crippen molar-refractivity contribution in [3.8, 4) is 0 Å². The predicted octanol–water partition coefficient (Wildman–Crippen LogP) is 6.97. The number of carboxylic acid groups (broad SMARTS) is 1. The van der Waals surface area contributed by atoms with E-state index in [1.54, 1.807) is 12.1 Å². The molecule has 0 spiro atoms. The average molecular weight is 592 g/mol. The van der Waals surface area contributed by atoms with Gasteiger partial charge in [-0.15, -0.1) is 0 Å². The lowest BCUT2D eigenvalue weighted by Gasteiger charge is -2.23. The molecule has 0 radical (unpaired) electrons. The van der Waals surface area contributed by atoms with E-state index in [0.717, 1.165) is 26.9 Å². The van der Waals surface area contributed by atoms with Gasteiger partial charge in [0.2, 0.25) is 5.91 Å². The molecule has 2 amide bonds. The van der Waals surface area contributed by atoms with Crippen LogP contribution in [-0.2, 0) is 16.0 Å². The molecule has 1 saturated carbocycles. The molecule has 204 valence electrons. The number of hydrogen-bond donors (Lipinski definition) is 3. The fourth-order valence-electron chi connectivity index (χ4n) is 5.11. The number of aryl methyl sites for hydroxylation is 1. The van der Waals surface area contributed by atoms with Gasteiger partial charge in [-0.1, -0.05) is 77.7 Å². The molecule has 1 fully saturated rings. The Morgan fingerprint density at radius 3 is 2.28 bits per heavy atom. The van der Waals surface area contributed by atoms with E-state index in [1.807, 2.05) is 37.3 Å². The predicted molar refractivity (Wildman–Crippen MR) is 157 cm³/mol. The van der Waals surface area contributed by atoms with Crippen LogP contribution in [0, 0.1) is 6.92 Å². The molecule has 0 heterocycles. The lowest BCUT2D eigenvalue weighted by atomic mass is 9.83. The number of carbonyl (C=O) groups is 3. The first kappa shape index (κ1) is 28.6. The molecule has 3 N–H and O–H groups in total. The molecule has 7 heteroatoms. The van der Waals surface area contributed by atoms with Crippen molar-refractivity contribution >= 4 is 39.4 Å². The molecule has 3 aromatic carbocycles. The highest BCUT2D eigenvalue weighted by molar-refractivity contribution is 9.10. The molecule has 6 nitrogen and oxygen atoms in total. The third-order valence-corrected chi connectivity index (χ3v) is 8.31. The van der Waals surface area contributed by atoms with Crippen molar-refractivity contribution in [3.63, 3.8) is 0 Å². The van der Waals surface area contributed by atoms with Crippen molar-refractivity contribution in [2.75, 3.05) is 11.9 Å². The molecule has 0 saturated heterocycles. The minimum atomic E-state index is -0.959. The Morgan fingerprint density at radius 1 is 0.949 bits per heavy atom. The average Bonchev–Trinajstić information content (AvgIpc) is 2.94. The van der Waals surface area contributed by atoms with Crippen molar-refractivity contribution in [1.29, 1.82) is 0 Å². The van der Waals surface area contributed by atoms with Crippen LogP contribution in [0.3, 0.4) is 0 Å². The van der Waals surface area contributed by atoms with E-state index in [9.17, 15) is 14.4 Å². The lowest BCUT2D eigenvalue weighted by Crippen LogP contribution is -2.26. The molecule has 0 aliphatic heterocycles. The van der Waals surface area contributed by atoms with Crippen molar-refractivity contribution < 1.29 is 19.5 Å². The fourth-order valence-corrected chi connectivity index (χ4v) is 5.49. The van der Waals surface area contributed by atoms with Gasteiger partial charge >= 0.3 is 5.97 Å². The topological polar surface area (TPSA) is 95.5 Å². The maximum atomic E-state index is 13.6. The molecule has 0 aromatic heterocycles. The maximum absolute atomic E-state index is 13.6. The highest BCUT2D eigenvalue weighted by atomic mass is 79.9. The number of nitrogens with one attached hydrogen (secondary N) is 2. The number of aliphatic carboxylic acids is 1. The summed E-state index contributed by atoms with van der Waals surface area (Å²) in [6.45, 7) is 2.08. The molecule has 39 heavy (non-hydrogen) atoms. The Balaban J connectivity index is 1.52. The Morgan fingerprint density at radius 2 is 1.64 bits per heavy atom. The van der Waals surface area contributed by atoms with Gasteiger partial charge in [-0.3, -0.25) is 14.4 Å². The number of halogens is 1. The molecule has 0 bridgehead atoms. The van der Waals surface area contributed by atoms with Crippen LogP contribution in [0.4, 0.5) is 5.69 Å². The first-order valence-electron chi connectivity index (χ1n) is 13.6. The van der Waals surface area contributed by atoms with Gasteiger partial charge < -0.3 is 15.7 Å². The second kappa shape index (κ2) is 13.6. The second-order valence-electron chi connectivity index (χ2n) is 10.3. The molecular formula is C32H35BrN2O4. The number of anilines is 1.